The molecule has 100 valence electrons. The molecule has 1 aromatic rings. The lowest BCUT2D eigenvalue weighted by Gasteiger charge is -2.32. The van der Waals surface area contributed by atoms with E-state index >= 15 is 0 Å². The maximum absolute atomic E-state index is 12.3. The molecule has 0 aromatic carbocycles. The third-order valence-electron chi connectivity index (χ3n) is 3.20. The second-order valence-electron chi connectivity index (χ2n) is 4.59. The minimum atomic E-state index is -3.16. The molecule has 1 aliphatic rings. The second-order valence-corrected chi connectivity index (χ2v) is 6.63. The summed E-state index contributed by atoms with van der Waals surface area (Å²) < 4.78 is 26.1. The first-order valence-electron chi connectivity index (χ1n) is 6.19. The predicted molar refractivity (Wildman–Crippen MR) is 70.8 cm³/mol. The molecule has 6 heteroatoms. The summed E-state index contributed by atoms with van der Waals surface area (Å²) in [4.78, 5) is 3.92. The largest absolute Gasteiger partial charge is 0.314 e. The van der Waals surface area contributed by atoms with Crippen molar-refractivity contribution in [3.8, 4) is 0 Å². The number of nitrogens with zero attached hydrogens (tertiary/aromatic N) is 2. The smallest absolute Gasteiger partial charge is 0.214 e. The second kappa shape index (κ2) is 5.77. The van der Waals surface area contributed by atoms with Gasteiger partial charge < -0.3 is 5.32 Å². The number of hydrogen-bond acceptors (Lipinski definition) is 4. The van der Waals surface area contributed by atoms with Crippen molar-refractivity contribution in [2.24, 2.45) is 0 Å². The monoisotopic (exact) mass is 269 g/mol. The van der Waals surface area contributed by atoms with E-state index in [0.29, 0.717) is 13.0 Å². The maximum Gasteiger partial charge on any atom is 0.214 e. The highest BCUT2D eigenvalue weighted by atomic mass is 32.2. The quantitative estimate of drug-likeness (QED) is 0.851. The minimum absolute atomic E-state index is 0.0428. The first kappa shape index (κ1) is 13.5. The van der Waals surface area contributed by atoms with E-state index in [9.17, 15) is 8.42 Å². The van der Waals surface area contributed by atoms with Gasteiger partial charge in [0.2, 0.25) is 10.0 Å². The molecule has 0 bridgehead atoms. The first-order chi connectivity index (χ1) is 8.59. The summed E-state index contributed by atoms with van der Waals surface area (Å²) in [7, 11) is -3.16. The Hall–Kier alpha value is -0.980. The molecule has 1 aromatic heterocycles. The van der Waals surface area contributed by atoms with Crippen LogP contribution in [0.4, 0.5) is 0 Å². The summed E-state index contributed by atoms with van der Waals surface area (Å²) in [5.74, 6) is 0.168. The van der Waals surface area contributed by atoms with Crippen LogP contribution in [0.2, 0.25) is 0 Å². The molecular formula is C12H19N3O2S. The number of aromatic nitrogens is 1. The van der Waals surface area contributed by atoms with Gasteiger partial charge in [-0.05, 0) is 31.0 Å². The highest BCUT2D eigenvalue weighted by Crippen LogP contribution is 2.11. The topological polar surface area (TPSA) is 62.3 Å². The number of hydrogen-bond donors (Lipinski definition) is 1. The van der Waals surface area contributed by atoms with Gasteiger partial charge in [0, 0.05) is 38.1 Å². The molecule has 2 rings (SSSR count). The third-order valence-corrected chi connectivity index (χ3v) is 5.17. The van der Waals surface area contributed by atoms with Gasteiger partial charge in [0.25, 0.3) is 0 Å². The Morgan fingerprint density at radius 2 is 2.17 bits per heavy atom. The van der Waals surface area contributed by atoms with Crippen molar-refractivity contribution >= 4 is 10.0 Å². The zero-order valence-electron chi connectivity index (χ0n) is 10.5. The van der Waals surface area contributed by atoms with Gasteiger partial charge in [-0.3, -0.25) is 4.98 Å². The highest BCUT2D eigenvalue weighted by Gasteiger charge is 2.28. The number of rotatable bonds is 4. The minimum Gasteiger partial charge on any atom is -0.314 e. The van der Waals surface area contributed by atoms with E-state index in [1.54, 1.807) is 16.7 Å². The van der Waals surface area contributed by atoms with E-state index in [4.69, 9.17) is 0 Å². The lowest BCUT2D eigenvalue weighted by molar-refractivity contribution is 0.284. The van der Waals surface area contributed by atoms with Crippen molar-refractivity contribution in [3.05, 3.63) is 30.1 Å². The molecule has 1 saturated heterocycles. The lowest BCUT2D eigenvalue weighted by Crippen LogP contribution is -2.52. The molecule has 0 saturated carbocycles. The van der Waals surface area contributed by atoms with Gasteiger partial charge in [0.05, 0.1) is 5.75 Å². The average molecular weight is 269 g/mol. The van der Waals surface area contributed by atoms with E-state index in [2.05, 4.69) is 10.3 Å². The fourth-order valence-electron chi connectivity index (χ4n) is 2.15. The molecular weight excluding hydrogens is 250 g/mol. The Balaban J connectivity index is 1.99. The van der Waals surface area contributed by atoms with Gasteiger partial charge in [0.1, 0.15) is 0 Å². The highest BCUT2D eigenvalue weighted by molar-refractivity contribution is 7.89. The van der Waals surface area contributed by atoms with Gasteiger partial charge >= 0.3 is 0 Å². The Morgan fingerprint density at radius 3 is 2.83 bits per heavy atom. The molecule has 1 fully saturated rings. The number of aryl methyl sites for hydroxylation is 1. The van der Waals surface area contributed by atoms with Crippen molar-refractivity contribution in [2.75, 3.05) is 25.4 Å². The molecule has 1 atom stereocenters. The fourth-order valence-corrected chi connectivity index (χ4v) is 3.87. The van der Waals surface area contributed by atoms with Gasteiger partial charge in [-0.1, -0.05) is 0 Å². The molecule has 0 amide bonds. The Morgan fingerprint density at radius 1 is 1.44 bits per heavy atom. The zero-order chi connectivity index (χ0) is 13.0. The number of nitrogens with one attached hydrogen (secondary N) is 1. The molecule has 0 unspecified atom stereocenters. The predicted octanol–water partition coefficient (Wildman–Crippen LogP) is 0.248. The standard InChI is InChI=1S/C12H19N3O2S/c1-11-10-14-7-8-15(11)18(16,17)9-4-12-2-5-13-6-3-12/h2-3,5-6,11,14H,4,7-10H2,1H3/t11-/m0/s1. The van der Waals surface area contributed by atoms with Crippen LogP contribution in [0.15, 0.2) is 24.5 Å². The Labute approximate surface area is 108 Å². The van der Waals surface area contributed by atoms with Gasteiger partial charge in [0.15, 0.2) is 0 Å². The number of pyridine rings is 1. The summed E-state index contributed by atoms with van der Waals surface area (Å²) in [6.45, 7) is 3.98. The maximum atomic E-state index is 12.3. The van der Waals surface area contributed by atoms with Crippen LogP contribution in [-0.2, 0) is 16.4 Å². The van der Waals surface area contributed by atoms with Crippen LogP contribution in [0, 0.1) is 0 Å². The average Bonchev–Trinajstić information content (AvgIpc) is 2.38. The summed E-state index contributed by atoms with van der Waals surface area (Å²) >= 11 is 0. The van der Waals surface area contributed by atoms with E-state index in [1.165, 1.54) is 0 Å². The summed E-state index contributed by atoms with van der Waals surface area (Å²) in [5.41, 5.74) is 1.01. The molecule has 18 heavy (non-hydrogen) atoms. The van der Waals surface area contributed by atoms with Gasteiger partial charge in [-0.15, -0.1) is 0 Å². The molecule has 1 N–H and O–H groups in total. The molecule has 5 nitrogen and oxygen atoms in total. The summed E-state index contributed by atoms with van der Waals surface area (Å²) in [6.07, 6.45) is 3.92. The molecule has 0 aliphatic carbocycles. The Kier molecular flexibility index (Phi) is 4.31. The SMILES string of the molecule is C[C@H]1CNCCN1S(=O)(=O)CCc1ccncc1. The van der Waals surface area contributed by atoms with Crippen molar-refractivity contribution in [1.29, 1.82) is 0 Å². The van der Waals surface area contributed by atoms with Crippen LogP contribution >= 0.6 is 0 Å². The molecule has 1 aliphatic heterocycles. The van der Waals surface area contributed by atoms with Crippen molar-refractivity contribution in [1.82, 2.24) is 14.6 Å². The van der Waals surface area contributed by atoms with Crippen molar-refractivity contribution in [3.63, 3.8) is 0 Å². The van der Waals surface area contributed by atoms with E-state index in [0.717, 1.165) is 18.7 Å². The molecule has 0 spiro atoms. The zero-order valence-corrected chi connectivity index (χ0v) is 11.4. The van der Waals surface area contributed by atoms with E-state index in [-0.39, 0.29) is 11.8 Å². The third kappa shape index (κ3) is 3.28. The number of sulfonamides is 1. The van der Waals surface area contributed by atoms with E-state index in [1.807, 2.05) is 19.1 Å². The first-order valence-corrected chi connectivity index (χ1v) is 7.79. The van der Waals surface area contributed by atoms with E-state index < -0.39 is 10.0 Å². The van der Waals surface area contributed by atoms with Crippen LogP contribution in [0.3, 0.4) is 0 Å². The number of piperazine rings is 1. The lowest BCUT2D eigenvalue weighted by atomic mass is 10.2. The van der Waals surface area contributed by atoms with Crippen LogP contribution in [-0.4, -0.2) is 49.1 Å². The molecule has 2 heterocycles. The van der Waals surface area contributed by atoms with Gasteiger partial charge in [-0.25, -0.2) is 8.42 Å². The van der Waals surface area contributed by atoms with Crippen LogP contribution in [0.1, 0.15) is 12.5 Å². The van der Waals surface area contributed by atoms with Gasteiger partial charge in [-0.2, -0.15) is 4.31 Å². The fraction of sp³-hybridized carbons (Fsp3) is 0.583. The van der Waals surface area contributed by atoms with Crippen LogP contribution < -0.4 is 5.32 Å². The van der Waals surface area contributed by atoms with Crippen LogP contribution in [0.25, 0.3) is 0 Å². The normalized spacial score (nSPS) is 21.9. The summed E-state index contributed by atoms with van der Waals surface area (Å²) in [6, 6.07) is 3.76. The van der Waals surface area contributed by atoms with Crippen molar-refractivity contribution < 1.29 is 8.42 Å². The van der Waals surface area contributed by atoms with Crippen LogP contribution in [0.5, 0.6) is 0 Å². The summed E-state index contributed by atoms with van der Waals surface area (Å²) in [5, 5.41) is 3.20. The Bertz CT molecular complexity index is 475. The van der Waals surface area contributed by atoms with Crippen molar-refractivity contribution in [2.45, 2.75) is 19.4 Å². The molecule has 0 radical (unpaired) electrons.